The lowest BCUT2D eigenvalue weighted by Gasteiger charge is -2.07. The van der Waals surface area contributed by atoms with Gasteiger partial charge in [-0.15, -0.1) is 0 Å². The van der Waals surface area contributed by atoms with Gasteiger partial charge in [-0.2, -0.15) is 0 Å². The number of anilines is 1. The van der Waals surface area contributed by atoms with Gasteiger partial charge in [-0.05, 0) is 24.6 Å². The van der Waals surface area contributed by atoms with Gasteiger partial charge in [0, 0.05) is 12.6 Å². The number of aryl methyl sites for hydroxylation is 1. The number of nitro groups is 1. The van der Waals surface area contributed by atoms with Gasteiger partial charge in [-0.25, -0.2) is 15.1 Å². The zero-order valence-corrected chi connectivity index (χ0v) is 9.93. The van der Waals surface area contributed by atoms with Crippen LogP contribution in [-0.2, 0) is 4.79 Å². The Kier molecular flexibility index (Phi) is 4.19. The maximum atomic E-state index is 11.0. The van der Waals surface area contributed by atoms with Gasteiger partial charge < -0.3 is 11.1 Å². The number of carbonyl (C=O) groups is 1. The van der Waals surface area contributed by atoms with Gasteiger partial charge in [0.25, 0.3) is 5.96 Å². The van der Waals surface area contributed by atoms with Crippen molar-refractivity contribution >= 4 is 23.2 Å². The highest BCUT2D eigenvalue weighted by Crippen LogP contribution is 2.22. The van der Waals surface area contributed by atoms with Gasteiger partial charge in [0.05, 0.1) is 5.69 Å². The molecular formula is C10H13N5O3. The van der Waals surface area contributed by atoms with E-state index >= 15 is 0 Å². The Hall–Kier alpha value is -2.64. The van der Waals surface area contributed by atoms with Crippen molar-refractivity contribution in [3.05, 3.63) is 33.9 Å². The van der Waals surface area contributed by atoms with Crippen LogP contribution in [0.5, 0.6) is 0 Å². The number of aliphatic imine (C=N–C) groups is 1. The van der Waals surface area contributed by atoms with Gasteiger partial charge in [-0.3, -0.25) is 4.79 Å². The quantitative estimate of drug-likeness (QED) is 0.315. The normalized spacial score (nSPS) is 10.9. The van der Waals surface area contributed by atoms with Crippen LogP contribution in [0.25, 0.3) is 0 Å². The number of rotatable bonds is 3. The van der Waals surface area contributed by atoms with E-state index < -0.39 is 5.03 Å². The molecule has 96 valence electrons. The molecule has 0 fully saturated rings. The highest BCUT2D eigenvalue weighted by atomic mass is 16.7. The summed E-state index contributed by atoms with van der Waals surface area (Å²) < 4.78 is 0. The Bertz CT molecular complexity index is 512. The summed E-state index contributed by atoms with van der Waals surface area (Å²) in [5.74, 6) is -0.548. The average molecular weight is 251 g/mol. The fourth-order valence-corrected chi connectivity index (χ4v) is 1.26. The number of benzene rings is 1. The second kappa shape index (κ2) is 5.62. The van der Waals surface area contributed by atoms with E-state index in [0.717, 1.165) is 5.56 Å². The Morgan fingerprint density at radius 1 is 1.50 bits per heavy atom. The van der Waals surface area contributed by atoms with E-state index in [2.05, 4.69) is 10.3 Å². The lowest BCUT2D eigenvalue weighted by Crippen LogP contribution is -2.35. The summed E-state index contributed by atoms with van der Waals surface area (Å²) in [6, 6.07) is 4.93. The predicted molar refractivity (Wildman–Crippen MR) is 66.9 cm³/mol. The second-order valence-corrected chi connectivity index (χ2v) is 3.55. The molecule has 0 bridgehead atoms. The Morgan fingerprint density at radius 3 is 2.72 bits per heavy atom. The van der Waals surface area contributed by atoms with Crippen LogP contribution in [0.3, 0.4) is 0 Å². The molecule has 1 aromatic carbocycles. The highest BCUT2D eigenvalue weighted by Gasteiger charge is 2.04. The van der Waals surface area contributed by atoms with Crippen LogP contribution >= 0.6 is 0 Å². The molecule has 0 atom stereocenters. The standard InChI is InChI=1S/C10H13N5O3/c1-6-3-4-8(5-9(6)12-7(2)16)13-10(11)14-15(17)18/h3-5H,1-2H3,(H,12,16)(H3,11,13,14). The Labute approximate surface area is 103 Å². The maximum absolute atomic E-state index is 11.0. The average Bonchev–Trinajstić information content (AvgIpc) is 2.21. The molecule has 0 aliphatic rings. The molecule has 0 saturated heterocycles. The topological polar surface area (TPSA) is 123 Å². The molecule has 4 N–H and O–H groups in total. The molecule has 1 amide bonds. The third-order valence-electron chi connectivity index (χ3n) is 1.99. The first-order chi connectivity index (χ1) is 8.38. The SMILES string of the molecule is CC(=O)Nc1cc(N=C(N)N[N+](=O)[O-])ccc1C. The van der Waals surface area contributed by atoms with Crippen LogP contribution in [0, 0.1) is 17.0 Å². The number of hydrazine groups is 1. The van der Waals surface area contributed by atoms with E-state index in [1.165, 1.54) is 6.92 Å². The van der Waals surface area contributed by atoms with Crippen molar-refractivity contribution in [2.45, 2.75) is 13.8 Å². The summed E-state index contributed by atoms with van der Waals surface area (Å²) in [7, 11) is 0. The largest absolute Gasteiger partial charge is 0.365 e. The van der Waals surface area contributed by atoms with Crippen LogP contribution in [-0.4, -0.2) is 16.9 Å². The maximum Gasteiger partial charge on any atom is 0.256 e. The molecule has 8 nitrogen and oxygen atoms in total. The van der Waals surface area contributed by atoms with Gasteiger partial charge >= 0.3 is 0 Å². The lowest BCUT2D eigenvalue weighted by molar-refractivity contribution is -0.525. The Balaban J connectivity index is 2.97. The minimum absolute atomic E-state index is 0.212. The van der Waals surface area contributed by atoms with E-state index in [1.807, 2.05) is 6.92 Å². The molecule has 0 spiro atoms. The lowest BCUT2D eigenvalue weighted by atomic mass is 10.2. The molecule has 0 radical (unpaired) electrons. The smallest absolute Gasteiger partial charge is 0.256 e. The fraction of sp³-hybridized carbons (Fsp3) is 0.200. The second-order valence-electron chi connectivity index (χ2n) is 3.55. The number of nitrogens with one attached hydrogen (secondary N) is 2. The summed E-state index contributed by atoms with van der Waals surface area (Å²) in [6.07, 6.45) is 0. The zero-order valence-electron chi connectivity index (χ0n) is 9.93. The summed E-state index contributed by atoms with van der Waals surface area (Å²) in [5.41, 5.74) is 8.87. The van der Waals surface area contributed by atoms with E-state index in [1.54, 1.807) is 23.6 Å². The van der Waals surface area contributed by atoms with Crippen LogP contribution in [0.1, 0.15) is 12.5 Å². The first-order valence-corrected chi connectivity index (χ1v) is 5.02. The van der Waals surface area contributed by atoms with Crippen LogP contribution in [0.2, 0.25) is 0 Å². The minimum Gasteiger partial charge on any atom is -0.365 e. The number of amides is 1. The van der Waals surface area contributed by atoms with Crippen molar-refractivity contribution in [1.29, 1.82) is 0 Å². The number of nitrogens with two attached hydrogens (primary N) is 1. The summed E-state index contributed by atoms with van der Waals surface area (Å²) >= 11 is 0. The monoisotopic (exact) mass is 251 g/mol. The number of hydrogen-bond donors (Lipinski definition) is 3. The third-order valence-corrected chi connectivity index (χ3v) is 1.99. The zero-order chi connectivity index (χ0) is 13.7. The van der Waals surface area contributed by atoms with E-state index in [-0.39, 0.29) is 11.9 Å². The summed E-state index contributed by atoms with van der Waals surface area (Å²) in [5, 5.41) is 12.0. The fourth-order valence-electron chi connectivity index (χ4n) is 1.26. The van der Waals surface area contributed by atoms with Crippen molar-refractivity contribution in [3.8, 4) is 0 Å². The molecule has 0 aromatic heterocycles. The van der Waals surface area contributed by atoms with Crippen molar-refractivity contribution in [2.24, 2.45) is 10.7 Å². The molecule has 0 aliphatic carbocycles. The van der Waals surface area contributed by atoms with Crippen molar-refractivity contribution in [2.75, 3.05) is 5.32 Å². The molecular weight excluding hydrogens is 238 g/mol. The summed E-state index contributed by atoms with van der Waals surface area (Å²) in [4.78, 5) is 24.9. The molecule has 0 heterocycles. The van der Waals surface area contributed by atoms with Gasteiger partial charge in [0.1, 0.15) is 0 Å². The molecule has 0 unspecified atom stereocenters. The van der Waals surface area contributed by atoms with Crippen molar-refractivity contribution in [3.63, 3.8) is 0 Å². The van der Waals surface area contributed by atoms with Gasteiger partial charge in [0.15, 0.2) is 5.03 Å². The van der Waals surface area contributed by atoms with Crippen LogP contribution in [0.4, 0.5) is 11.4 Å². The number of carbonyl (C=O) groups excluding carboxylic acids is 1. The highest BCUT2D eigenvalue weighted by molar-refractivity contribution is 5.90. The molecule has 1 aromatic rings. The van der Waals surface area contributed by atoms with E-state index in [9.17, 15) is 14.9 Å². The molecule has 18 heavy (non-hydrogen) atoms. The predicted octanol–water partition coefficient (Wildman–Crippen LogP) is 0.681. The summed E-state index contributed by atoms with van der Waals surface area (Å²) in [6.45, 7) is 3.20. The van der Waals surface area contributed by atoms with Crippen molar-refractivity contribution in [1.82, 2.24) is 5.43 Å². The van der Waals surface area contributed by atoms with E-state index in [0.29, 0.717) is 11.4 Å². The first-order valence-electron chi connectivity index (χ1n) is 5.02. The number of guanidine groups is 1. The first kappa shape index (κ1) is 13.4. The number of nitrogens with zero attached hydrogens (tertiary/aromatic N) is 2. The Morgan fingerprint density at radius 2 is 2.17 bits per heavy atom. The third kappa shape index (κ3) is 4.08. The van der Waals surface area contributed by atoms with Crippen molar-refractivity contribution < 1.29 is 9.83 Å². The number of hydrogen-bond acceptors (Lipinski definition) is 4. The molecule has 0 aliphatic heterocycles. The molecule has 8 heteroatoms. The van der Waals surface area contributed by atoms with Crippen LogP contribution in [0.15, 0.2) is 23.2 Å². The minimum atomic E-state index is -0.804. The van der Waals surface area contributed by atoms with E-state index in [4.69, 9.17) is 5.73 Å². The molecule has 0 saturated carbocycles. The molecule has 1 rings (SSSR count). The van der Waals surface area contributed by atoms with Gasteiger partial charge in [-0.1, -0.05) is 11.5 Å². The van der Waals surface area contributed by atoms with Gasteiger partial charge in [0.2, 0.25) is 5.91 Å². The van der Waals surface area contributed by atoms with Crippen LogP contribution < -0.4 is 16.5 Å².